The fourth-order valence-corrected chi connectivity index (χ4v) is 2.83. The van der Waals surface area contributed by atoms with Crippen LogP contribution in [0.15, 0.2) is 39.5 Å². The summed E-state index contributed by atoms with van der Waals surface area (Å²) in [5.41, 5.74) is -1.54. The fraction of sp³-hybridized carbons (Fsp3) is 0.200. The molecule has 0 fully saturated rings. The lowest BCUT2D eigenvalue weighted by molar-refractivity contribution is -0.156. The molecule has 0 aliphatic heterocycles. The number of ether oxygens (including phenoxy) is 1. The number of aromatic hydroxyl groups is 4. The number of fused-ring (bicyclic) bond motifs is 1. The van der Waals surface area contributed by atoms with Gasteiger partial charge in [0.25, 0.3) is 0 Å². The smallest absolute Gasteiger partial charge is 0.343 e. The van der Waals surface area contributed by atoms with E-state index in [1.54, 1.807) is 0 Å². The van der Waals surface area contributed by atoms with E-state index in [1.165, 1.54) is 6.07 Å². The van der Waals surface area contributed by atoms with Crippen LogP contribution in [-0.2, 0) is 4.79 Å². The molecule has 8 N–H and O–H groups in total. The lowest BCUT2D eigenvalue weighted by atomic mass is 10.1. The number of phenols is 4. The molecule has 0 unspecified atom stereocenters. The molecular formula is C20H18O12. The zero-order chi connectivity index (χ0) is 23.7. The molecule has 0 bridgehead atoms. The molecule has 0 aliphatic carbocycles. The number of hydrogen-bond donors (Lipinski definition) is 8. The van der Waals surface area contributed by atoms with Crippen molar-refractivity contribution >= 4 is 16.9 Å². The number of aliphatic hydroxyl groups is 4. The number of carbonyl (C=O) groups excluding carboxylic acids is 1. The van der Waals surface area contributed by atoms with Crippen LogP contribution in [0, 0.1) is 0 Å². The summed E-state index contributed by atoms with van der Waals surface area (Å²) < 4.78 is 10.4. The molecule has 0 saturated heterocycles. The van der Waals surface area contributed by atoms with Gasteiger partial charge in [-0.2, -0.15) is 0 Å². The minimum atomic E-state index is -2.39. The maximum absolute atomic E-state index is 13.0. The van der Waals surface area contributed by atoms with E-state index in [1.807, 2.05) is 0 Å². The molecular weight excluding hydrogens is 432 g/mol. The maximum atomic E-state index is 13.0. The van der Waals surface area contributed by atoms with Gasteiger partial charge in [-0.1, -0.05) is 0 Å². The van der Waals surface area contributed by atoms with Crippen LogP contribution in [-0.4, -0.2) is 71.7 Å². The van der Waals surface area contributed by atoms with Crippen molar-refractivity contribution < 1.29 is 54.8 Å². The van der Waals surface area contributed by atoms with E-state index in [0.717, 1.165) is 24.3 Å². The summed E-state index contributed by atoms with van der Waals surface area (Å²) in [6.07, 6.45) is -6.45. The zero-order valence-electron chi connectivity index (χ0n) is 16.0. The molecule has 3 aromatic rings. The first-order chi connectivity index (χ1) is 15.0. The van der Waals surface area contributed by atoms with Gasteiger partial charge in [0.1, 0.15) is 34.7 Å². The van der Waals surface area contributed by atoms with Crippen LogP contribution in [0.3, 0.4) is 0 Å². The van der Waals surface area contributed by atoms with Crippen molar-refractivity contribution in [3.63, 3.8) is 0 Å². The van der Waals surface area contributed by atoms with Crippen molar-refractivity contribution in [3.8, 4) is 40.1 Å². The summed E-state index contributed by atoms with van der Waals surface area (Å²) >= 11 is 0. The van der Waals surface area contributed by atoms with E-state index in [9.17, 15) is 45.3 Å². The van der Waals surface area contributed by atoms with Crippen LogP contribution in [0.1, 0.15) is 0 Å². The number of rotatable bonds is 6. The quantitative estimate of drug-likeness (QED) is 0.172. The Morgan fingerprint density at radius 2 is 1.66 bits per heavy atom. The molecule has 3 atom stereocenters. The summed E-state index contributed by atoms with van der Waals surface area (Å²) in [4.78, 5) is 25.3. The molecule has 0 spiro atoms. The first-order valence-electron chi connectivity index (χ1n) is 8.97. The van der Waals surface area contributed by atoms with Crippen LogP contribution in [0.4, 0.5) is 0 Å². The molecule has 2 aromatic carbocycles. The summed E-state index contributed by atoms with van der Waals surface area (Å²) in [7, 11) is 0. The Bertz CT molecular complexity index is 1230. The number of hydrogen-bond acceptors (Lipinski definition) is 12. The predicted molar refractivity (Wildman–Crippen MR) is 105 cm³/mol. The fourth-order valence-electron chi connectivity index (χ4n) is 2.83. The second kappa shape index (κ2) is 8.72. The van der Waals surface area contributed by atoms with Crippen LogP contribution in [0.5, 0.6) is 28.7 Å². The van der Waals surface area contributed by atoms with E-state index in [4.69, 9.17) is 14.3 Å². The molecule has 170 valence electrons. The van der Waals surface area contributed by atoms with Crippen LogP contribution in [0.2, 0.25) is 0 Å². The van der Waals surface area contributed by atoms with Gasteiger partial charge in [-0.25, -0.2) is 4.79 Å². The molecule has 1 aromatic heterocycles. The Kier molecular flexibility index (Phi) is 6.23. The monoisotopic (exact) mass is 450 g/mol. The molecule has 12 heteroatoms. The molecule has 0 radical (unpaired) electrons. The first kappa shape index (κ1) is 22.8. The van der Waals surface area contributed by atoms with Crippen molar-refractivity contribution in [2.24, 2.45) is 0 Å². The minimum Gasteiger partial charge on any atom is -0.508 e. The molecule has 12 nitrogen and oxygen atoms in total. The molecule has 0 saturated carbocycles. The predicted octanol–water partition coefficient (Wildman–Crippen LogP) is -0.737. The largest absolute Gasteiger partial charge is 0.508 e. The average molecular weight is 450 g/mol. The Morgan fingerprint density at radius 3 is 2.28 bits per heavy atom. The van der Waals surface area contributed by atoms with Gasteiger partial charge in [-0.3, -0.25) is 4.79 Å². The standard InChI is InChI=1S/C20H18O12/c21-6-12(26)15(27)17(29)20(30)32-19-16(28)14-11(25)4-8(22)5-13(14)31-18(19)7-1-2-9(23)10(24)3-7/h1-5,12,15,17,21-27,29H,6H2/t12-,15+,17-/m1/s1. The van der Waals surface area contributed by atoms with Crippen LogP contribution in [0.25, 0.3) is 22.3 Å². The van der Waals surface area contributed by atoms with Gasteiger partial charge in [0.05, 0.1) is 6.61 Å². The van der Waals surface area contributed by atoms with E-state index < -0.39 is 76.2 Å². The number of carbonyl (C=O) groups is 1. The van der Waals surface area contributed by atoms with Gasteiger partial charge in [0, 0.05) is 17.7 Å². The summed E-state index contributed by atoms with van der Waals surface area (Å²) in [6.45, 7) is -0.987. The molecule has 3 rings (SSSR count). The highest BCUT2D eigenvalue weighted by atomic mass is 16.6. The highest BCUT2D eigenvalue weighted by molar-refractivity contribution is 5.90. The van der Waals surface area contributed by atoms with Gasteiger partial charge < -0.3 is 50.0 Å². The summed E-state index contributed by atoms with van der Waals surface area (Å²) in [5.74, 6) is -5.30. The number of phenolic OH excluding ortho intramolecular Hbond substituents is 4. The topological polar surface area (TPSA) is 218 Å². The third kappa shape index (κ3) is 4.15. The number of aliphatic hydroxyl groups excluding tert-OH is 4. The Balaban J connectivity index is 2.20. The normalized spacial score (nSPS) is 14.1. The highest BCUT2D eigenvalue weighted by Gasteiger charge is 2.33. The molecule has 0 amide bonds. The van der Waals surface area contributed by atoms with Crippen LogP contribution >= 0.6 is 0 Å². The average Bonchev–Trinajstić information content (AvgIpc) is 2.75. The maximum Gasteiger partial charge on any atom is 0.343 e. The lowest BCUT2D eigenvalue weighted by Gasteiger charge is -2.20. The third-order valence-electron chi connectivity index (χ3n) is 4.50. The minimum absolute atomic E-state index is 0.0876. The van der Waals surface area contributed by atoms with Gasteiger partial charge >= 0.3 is 5.97 Å². The Hall–Kier alpha value is -3.84. The SMILES string of the molecule is O=C(Oc1c(-c2ccc(O)c(O)c2)oc2cc(O)cc(O)c2c1=O)[C@H](O)[C@@H](O)[C@H](O)CO. The first-order valence-corrected chi connectivity index (χ1v) is 8.97. The Morgan fingerprint density at radius 1 is 0.969 bits per heavy atom. The lowest BCUT2D eigenvalue weighted by Crippen LogP contribution is -2.45. The van der Waals surface area contributed by atoms with E-state index >= 15 is 0 Å². The second-order valence-electron chi connectivity index (χ2n) is 6.74. The van der Waals surface area contributed by atoms with Gasteiger partial charge in [0.2, 0.25) is 11.2 Å². The molecule has 1 heterocycles. The van der Waals surface area contributed by atoms with Crippen molar-refractivity contribution in [2.75, 3.05) is 6.61 Å². The number of benzene rings is 2. The van der Waals surface area contributed by atoms with Crippen molar-refractivity contribution in [2.45, 2.75) is 18.3 Å². The van der Waals surface area contributed by atoms with Crippen molar-refractivity contribution in [1.82, 2.24) is 0 Å². The highest BCUT2D eigenvalue weighted by Crippen LogP contribution is 2.38. The van der Waals surface area contributed by atoms with E-state index in [0.29, 0.717) is 0 Å². The Labute approximate surface area is 178 Å². The van der Waals surface area contributed by atoms with Crippen molar-refractivity contribution in [1.29, 1.82) is 0 Å². The van der Waals surface area contributed by atoms with Crippen molar-refractivity contribution in [3.05, 3.63) is 40.6 Å². The molecule has 32 heavy (non-hydrogen) atoms. The molecule has 0 aliphatic rings. The van der Waals surface area contributed by atoms with Crippen LogP contribution < -0.4 is 10.2 Å². The zero-order valence-corrected chi connectivity index (χ0v) is 16.0. The van der Waals surface area contributed by atoms with Gasteiger partial charge in [-0.05, 0) is 18.2 Å². The second-order valence-corrected chi connectivity index (χ2v) is 6.74. The summed E-state index contributed by atoms with van der Waals surface area (Å²) in [5, 5.41) is 76.4. The van der Waals surface area contributed by atoms with Gasteiger partial charge in [0.15, 0.2) is 23.4 Å². The van der Waals surface area contributed by atoms with E-state index in [-0.39, 0.29) is 11.1 Å². The summed E-state index contributed by atoms with van der Waals surface area (Å²) in [6, 6.07) is 4.99. The van der Waals surface area contributed by atoms with Gasteiger partial charge in [-0.15, -0.1) is 0 Å². The number of esters is 1. The van der Waals surface area contributed by atoms with E-state index in [2.05, 4.69) is 0 Å². The third-order valence-corrected chi connectivity index (χ3v) is 4.50.